The highest BCUT2D eigenvalue weighted by Gasteiger charge is 2.35. The van der Waals surface area contributed by atoms with Crippen LogP contribution in [-0.4, -0.2) is 22.1 Å². The summed E-state index contributed by atoms with van der Waals surface area (Å²) in [7, 11) is 0. The van der Waals surface area contributed by atoms with Crippen molar-refractivity contribution in [3.63, 3.8) is 0 Å². The number of hydroxylamine groups is 2. The van der Waals surface area contributed by atoms with Crippen molar-refractivity contribution in [2.45, 2.75) is 39.5 Å². The van der Waals surface area contributed by atoms with Gasteiger partial charge in [-0.15, -0.1) is 5.06 Å². The van der Waals surface area contributed by atoms with Crippen molar-refractivity contribution in [2.24, 2.45) is 0 Å². The Kier molecular flexibility index (Phi) is 3.41. The normalized spacial score (nSPS) is 17.2. The van der Waals surface area contributed by atoms with Crippen molar-refractivity contribution in [2.75, 3.05) is 0 Å². The number of unbranched alkanes of at least 4 members (excludes halogenated alkanes) is 1. The molecular weight excluding hydrogens is 182 g/mol. The van der Waals surface area contributed by atoms with Crippen LogP contribution in [0.15, 0.2) is 11.1 Å². The van der Waals surface area contributed by atoms with E-state index in [0.29, 0.717) is 24.0 Å². The molecule has 1 rings (SSSR count). The van der Waals surface area contributed by atoms with Crippen LogP contribution < -0.4 is 0 Å². The molecule has 4 heteroatoms. The van der Waals surface area contributed by atoms with Crippen molar-refractivity contribution < 1.29 is 14.8 Å². The minimum Gasteiger partial charge on any atom is -0.278 e. The van der Waals surface area contributed by atoms with Crippen LogP contribution in [0.25, 0.3) is 0 Å². The highest BCUT2D eigenvalue weighted by atomic mass is 16.5. The molecule has 4 nitrogen and oxygen atoms in total. The minimum absolute atomic E-state index is 0.226. The topological polar surface area (TPSA) is 57.6 Å². The SMILES string of the molecule is CCCCC1=C(CC)C(=O)N(O)C1=O. The van der Waals surface area contributed by atoms with Crippen molar-refractivity contribution in [1.82, 2.24) is 5.06 Å². The lowest BCUT2D eigenvalue weighted by molar-refractivity contribution is -0.170. The Labute approximate surface area is 83.2 Å². The molecule has 0 fully saturated rings. The van der Waals surface area contributed by atoms with Gasteiger partial charge in [-0.1, -0.05) is 20.3 Å². The van der Waals surface area contributed by atoms with Gasteiger partial charge in [0, 0.05) is 11.1 Å². The summed E-state index contributed by atoms with van der Waals surface area (Å²) in [5, 5.41) is 9.36. The van der Waals surface area contributed by atoms with E-state index in [1.54, 1.807) is 0 Å². The third-order valence-corrected chi connectivity index (χ3v) is 2.40. The van der Waals surface area contributed by atoms with Crippen molar-refractivity contribution >= 4 is 11.8 Å². The lowest BCUT2D eigenvalue weighted by Crippen LogP contribution is -2.27. The van der Waals surface area contributed by atoms with E-state index in [4.69, 9.17) is 5.21 Å². The van der Waals surface area contributed by atoms with Gasteiger partial charge in [-0.05, 0) is 19.3 Å². The van der Waals surface area contributed by atoms with Crippen LogP contribution in [0, 0.1) is 0 Å². The second-order valence-electron chi connectivity index (χ2n) is 3.34. The standard InChI is InChI=1S/C10H15NO3/c1-3-5-6-8-7(4-2)9(12)11(14)10(8)13/h14H,3-6H2,1-2H3. The number of carbonyl (C=O) groups excluding carboxylic acids is 2. The minimum atomic E-state index is -0.552. The number of hydrogen-bond acceptors (Lipinski definition) is 3. The Balaban J connectivity index is 2.90. The number of rotatable bonds is 4. The van der Waals surface area contributed by atoms with Gasteiger partial charge in [0.05, 0.1) is 0 Å². The van der Waals surface area contributed by atoms with E-state index in [-0.39, 0.29) is 5.06 Å². The lowest BCUT2D eigenvalue weighted by atomic mass is 10.0. The predicted octanol–water partition coefficient (Wildman–Crippen LogP) is 1.64. The molecule has 0 radical (unpaired) electrons. The van der Waals surface area contributed by atoms with Gasteiger partial charge in [0.15, 0.2) is 0 Å². The summed E-state index contributed by atoms with van der Waals surface area (Å²) in [5.41, 5.74) is 0.952. The summed E-state index contributed by atoms with van der Waals surface area (Å²) in [4.78, 5) is 22.7. The summed E-state index contributed by atoms with van der Waals surface area (Å²) in [5.74, 6) is -1.09. The van der Waals surface area contributed by atoms with Crippen molar-refractivity contribution in [1.29, 1.82) is 0 Å². The summed E-state index contributed by atoms with van der Waals surface area (Å²) in [6.45, 7) is 3.83. The fraction of sp³-hybridized carbons (Fsp3) is 0.600. The zero-order chi connectivity index (χ0) is 10.7. The number of nitrogens with zero attached hydrogens (tertiary/aromatic N) is 1. The average molecular weight is 197 g/mol. The molecule has 1 heterocycles. The molecule has 0 aliphatic carbocycles. The lowest BCUT2D eigenvalue weighted by Gasteiger charge is -2.03. The van der Waals surface area contributed by atoms with Crippen LogP contribution in [0.4, 0.5) is 0 Å². The second-order valence-corrected chi connectivity index (χ2v) is 3.34. The Morgan fingerprint density at radius 2 is 1.71 bits per heavy atom. The molecule has 0 aromatic heterocycles. The van der Waals surface area contributed by atoms with Gasteiger partial charge in [-0.25, -0.2) is 0 Å². The molecule has 0 bridgehead atoms. The Bertz CT molecular complexity index is 294. The van der Waals surface area contributed by atoms with Gasteiger partial charge in [-0.2, -0.15) is 0 Å². The molecule has 1 aliphatic rings. The third kappa shape index (κ3) is 1.70. The van der Waals surface area contributed by atoms with Crippen LogP contribution in [-0.2, 0) is 9.59 Å². The summed E-state index contributed by atoms with van der Waals surface area (Å²) >= 11 is 0. The first-order valence-corrected chi connectivity index (χ1v) is 4.93. The van der Waals surface area contributed by atoms with Crippen LogP contribution in [0.5, 0.6) is 0 Å². The first kappa shape index (κ1) is 10.9. The highest BCUT2D eigenvalue weighted by molar-refractivity contribution is 6.18. The van der Waals surface area contributed by atoms with E-state index < -0.39 is 11.8 Å². The highest BCUT2D eigenvalue weighted by Crippen LogP contribution is 2.25. The van der Waals surface area contributed by atoms with Crippen molar-refractivity contribution in [3.05, 3.63) is 11.1 Å². The van der Waals surface area contributed by atoms with Crippen LogP contribution in [0.1, 0.15) is 39.5 Å². The molecule has 78 valence electrons. The van der Waals surface area contributed by atoms with Gasteiger partial charge < -0.3 is 0 Å². The average Bonchev–Trinajstić information content (AvgIpc) is 2.39. The largest absolute Gasteiger partial charge is 0.281 e. The molecule has 0 aromatic rings. The van der Waals surface area contributed by atoms with E-state index in [9.17, 15) is 9.59 Å². The number of hydrogen-bond donors (Lipinski definition) is 1. The van der Waals surface area contributed by atoms with E-state index in [1.165, 1.54) is 0 Å². The maximum atomic E-state index is 11.4. The van der Waals surface area contributed by atoms with Gasteiger partial charge in [-0.3, -0.25) is 14.8 Å². The molecule has 14 heavy (non-hydrogen) atoms. The molecule has 1 N–H and O–H groups in total. The molecule has 2 amide bonds. The summed E-state index contributed by atoms with van der Waals surface area (Å²) in [6.07, 6.45) is 2.92. The Hall–Kier alpha value is -1.16. The van der Waals surface area contributed by atoms with E-state index >= 15 is 0 Å². The zero-order valence-corrected chi connectivity index (χ0v) is 8.54. The molecule has 1 aliphatic heterocycles. The van der Waals surface area contributed by atoms with Gasteiger partial charge in [0.2, 0.25) is 0 Å². The van der Waals surface area contributed by atoms with Gasteiger partial charge >= 0.3 is 0 Å². The summed E-state index contributed by atoms with van der Waals surface area (Å²) < 4.78 is 0. The molecule has 0 saturated heterocycles. The summed E-state index contributed by atoms with van der Waals surface area (Å²) in [6, 6.07) is 0. The monoisotopic (exact) mass is 197 g/mol. The fourth-order valence-electron chi connectivity index (χ4n) is 1.58. The maximum absolute atomic E-state index is 11.4. The molecule has 0 atom stereocenters. The number of amides is 2. The quantitative estimate of drug-likeness (QED) is 0.550. The molecular formula is C10H15NO3. The number of imide groups is 1. The zero-order valence-electron chi connectivity index (χ0n) is 8.54. The van der Waals surface area contributed by atoms with Crippen LogP contribution in [0.3, 0.4) is 0 Å². The molecule has 0 saturated carbocycles. The maximum Gasteiger partial charge on any atom is 0.281 e. The first-order valence-electron chi connectivity index (χ1n) is 4.93. The first-order chi connectivity index (χ1) is 6.63. The van der Waals surface area contributed by atoms with E-state index in [1.807, 2.05) is 13.8 Å². The van der Waals surface area contributed by atoms with Crippen LogP contribution >= 0.6 is 0 Å². The van der Waals surface area contributed by atoms with E-state index in [2.05, 4.69) is 0 Å². The molecule has 0 unspecified atom stereocenters. The Morgan fingerprint density at radius 3 is 2.21 bits per heavy atom. The molecule has 0 spiro atoms. The smallest absolute Gasteiger partial charge is 0.278 e. The second kappa shape index (κ2) is 4.37. The fourth-order valence-corrected chi connectivity index (χ4v) is 1.58. The van der Waals surface area contributed by atoms with Crippen molar-refractivity contribution in [3.8, 4) is 0 Å². The van der Waals surface area contributed by atoms with Crippen LogP contribution in [0.2, 0.25) is 0 Å². The van der Waals surface area contributed by atoms with E-state index in [0.717, 1.165) is 12.8 Å². The third-order valence-electron chi connectivity index (χ3n) is 2.40. The van der Waals surface area contributed by atoms with Gasteiger partial charge in [0.25, 0.3) is 11.8 Å². The predicted molar refractivity (Wildman–Crippen MR) is 50.5 cm³/mol. The van der Waals surface area contributed by atoms with Gasteiger partial charge in [0.1, 0.15) is 0 Å². The molecule has 0 aromatic carbocycles. The Morgan fingerprint density at radius 1 is 1.14 bits per heavy atom. The number of carbonyl (C=O) groups is 2.